The van der Waals surface area contributed by atoms with Crippen molar-refractivity contribution >= 4 is 17.5 Å². The maximum atomic E-state index is 9.94. The van der Waals surface area contributed by atoms with Crippen molar-refractivity contribution in [3.05, 3.63) is 90.9 Å². The Bertz CT molecular complexity index is 1220. The zero-order valence-corrected chi connectivity index (χ0v) is 17.6. The number of hydrogen-bond acceptors (Lipinski definition) is 6. The first-order chi connectivity index (χ1) is 15.8. The van der Waals surface area contributed by atoms with Crippen molar-refractivity contribution in [2.45, 2.75) is 18.3 Å². The first-order valence-corrected chi connectivity index (χ1v) is 10.7. The number of pyridine rings is 1. The number of hydrogen-bond donors (Lipinski definition) is 1. The molecule has 158 valence electrons. The van der Waals surface area contributed by atoms with Gasteiger partial charge >= 0.3 is 0 Å². The van der Waals surface area contributed by atoms with E-state index in [1.165, 1.54) is 0 Å². The predicted octanol–water partition coefficient (Wildman–Crippen LogP) is 4.47. The molecule has 0 spiro atoms. The summed E-state index contributed by atoms with van der Waals surface area (Å²) in [6, 6.07) is 26.5. The minimum absolute atomic E-state index is 0.431. The predicted molar refractivity (Wildman–Crippen MR) is 124 cm³/mol. The molecular formula is C25H23N7. The van der Waals surface area contributed by atoms with E-state index < -0.39 is 5.41 Å². The van der Waals surface area contributed by atoms with E-state index >= 15 is 0 Å². The number of nitrogens with zero attached hydrogens (tertiary/aromatic N) is 6. The number of rotatable bonds is 5. The van der Waals surface area contributed by atoms with Crippen LogP contribution in [-0.2, 0) is 5.41 Å². The molecule has 1 aliphatic heterocycles. The van der Waals surface area contributed by atoms with E-state index in [2.05, 4.69) is 43.5 Å². The summed E-state index contributed by atoms with van der Waals surface area (Å²) < 4.78 is 1.74. The Morgan fingerprint density at radius 1 is 0.906 bits per heavy atom. The molecular weight excluding hydrogens is 398 g/mol. The van der Waals surface area contributed by atoms with Gasteiger partial charge in [0.2, 0.25) is 5.95 Å². The maximum absolute atomic E-state index is 9.94. The van der Waals surface area contributed by atoms with Crippen molar-refractivity contribution in [3.8, 4) is 11.8 Å². The summed E-state index contributed by atoms with van der Waals surface area (Å²) in [6.07, 6.45) is 5.03. The van der Waals surface area contributed by atoms with E-state index in [0.717, 1.165) is 48.7 Å². The van der Waals surface area contributed by atoms with Gasteiger partial charge in [0, 0.05) is 31.0 Å². The van der Waals surface area contributed by atoms with Gasteiger partial charge in [-0.25, -0.2) is 9.67 Å². The second-order valence-corrected chi connectivity index (χ2v) is 7.92. The summed E-state index contributed by atoms with van der Waals surface area (Å²) in [6.45, 7) is 1.55. The van der Waals surface area contributed by atoms with Crippen LogP contribution in [-0.4, -0.2) is 32.8 Å². The van der Waals surface area contributed by atoms with Crippen LogP contribution >= 0.6 is 0 Å². The van der Waals surface area contributed by atoms with Gasteiger partial charge in [-0.15, -0.1) is 5.10 Å². The molecule has 7 nitrogen and oxygen atoms in total. The first-order valence-electron chi connectivity index (χ1n) is 10.7. The molecule has 5 rings (SSSR count). The summed E-state index contributed by atoms with van der Waals surface area (Å²) in [5.74, 6) is 1.42. The van der Waals surface area contributed by atoms with Crippen LogP contribution in [0, 0.1) is 11.3 Å². The van der Waals surface area contributed by atoms with Crippen molar-refractivity contribution in [1.82, 2.24) is 19.7 Å². The molecule has 1 N–H and O–H groups in total. The molecule has 0 amide bonds. The normalized spacial score (nSPS) is 15.2. The van der Waals surface area contributed by atoms with E-state index in [9.17, 15) is 5.26 Å². The fourth-order valence-corrected chi connectivity index (χ4v) is 4.16. The summed E-state index contributed by atoms with van der Waals surface area (Å²) >= 11 is 0. The summed E-state index contributed by atoms with van der Waals surface area (Å²) in [7, 11) is 0. The second-order valence-electron chi connectivity index (χ2n) is 7.92. The van der Waals surface area contributed by atoms with Crippen molar-refractivity contribution in [1.29, 1.82) is 5.26 Å². The standard InChI is InChI=1S/C25H23N7/c26-18-25(20-7-3-1-4-8-20)12-15-31(16-13-25)23-17-22(11-14-27-23)32-19-28-24(30-32)29-21-9-5-2-6-10-21/h1-11,14,17,19H,12-13,15-16H2,(H,29,30). The number of nitrogens with one attached hydrogen (secondary N) is 1. The van der Waals surface area contributed by atoms with E-state index in [1.54, 1.807) is 17.2 Å². The lowest BCUT2D eigenvalue weighted by molar-refractivity contribution is 0.414. The van der Waals surface area contributed by atoms with Gasteiger partial charge in [-0.05, 0) is 36.6 Å². The van der Waals surface area contributed by atoms with Crippen LogP contribution < -0.4 is 10.2 Å². The summed E-state index contributed by atoms with van der Waals surface area (Å²) in [5, 5.41) is 17.7. The average Bonchev–Trinajstić information content (AvgIpc) is 3.34. The zero-order valence-electron chi connectivity index (χ0n) is 17.6. The van der Waals surface area contributed by atoms with Crippen molar-refractivity contribution < 1.29 is 0 Å². The Balaban J connectivity index is 1.31. The van der Waals surface area contributed by atoms with Gasteiger partial charge in [0.15, 0.2) is 0 Å². The minimum atomic E-state index is -0.431. The fraction of sp³-hybridized carbons (Fsp3) is 0.200. The quantitative estimate of drug-likeness (QED) is 0.512. The molecule has 32 heavy (non-hydrogen) atoms. The molecule has 1 fully saturated rings. The maximum Gasteiger partial charge on any atom is 0.246 e. The fourth-order valence-electron chi connectivity index (χ4n) is 4.16. The Labute approximate surface area is 187 Å². The topological polar surface area (TPSA) is 82.7 Å². The van der Waals surface area contributed by atoms with Gasteiger partial charge in [0.1, 0.15) is 12.1 Å². The van der Waals surface area contributed by atoms with Crippen LogP contribution in [0.1, 0.15) is 18.4 Å². The van der Waals surface area contributed by atoms with E-state index in [-0.39, 0.29) is 0 Å². The van der Waals surface area contributed by atoms with E-state index in [1.807, 2.05) is 60.7 Å². The van der Waals surface area contributed by atoms with Gasteiger partial charge in [0.25, 0.3) is 0 Å². The number of nitriles is 1. The Morgan fingerprint density at radius 2 is 1.62 bits per heavy atom. The van der Waals surface area contributed by atoms with Gasteiger partial charge in [0.05, 0.1) is 17.2 Å². The largest absolute Gasteiger partial charge is 0.356 e. The van der Waals surface area contributed by atoms with Crippen LogP contribution in [0.15, 0.2) is 85.3 Å². The number of aromatic nitrogens is 4. The molecule has 0 unspecified atom stereocenters. The van der Waals surface area contributed by atoms with Crippen LogP contribution in [0.3, 0.4) is 0 Å². The molecule has 1 aliphatic rings. The minimum Gasteiger partial charge on any atom is -0.356 e. The first kappa shape index (κ1) is 19.8. The number of benzene rings is 2. The third-order valence-corrected chi connectivity index (χ3v) is 6.00. The molecule has 4 aromatic rings. The lowest BCUT2D eigenvalue weighted by atomic mass is 9.74. The summed E-state index contributed by atoms with van der Waals surface area (Å²) in [5.41, 5.74) is 2.50. The van der Waals surface area contributed by atoms with Crippen LogP contribution in [0.2, 0.25) is 0 Å². The monoisotopic (exact) mass is 421 g/mol. The average molecular weight is 422 g/mol. The number of anilines is 3. The Hall–Kier alpha value is -4.18. The van der Waals surface area contributed by atoms with Crippen LogP contribution in [0.25, 0.3) is 5.69 Å². The molecule has 3 heterocycles. The third-order valence-electron chi connectivity index (χ3n) is 6.00. The number of para-hydroxylation sites is 1. The molecule has 1 saturated heterocycles. The van der Waals surface area contributed by atoms with Crippen molar-refractivity contribution in [2.75, 3.05) is 23.3 Å². The molecule has 0 radical (unpaired) electrons. The molecule has 2 aromatic heterocycles. The van der Waals surface area contributed by atoms with Crippen molar-refractivity contribution in [3.63, 3.8) is 0 Å². The van der Waals surface area contributed by atoms with Crippen LogP contribution in [0.5, 0.6) is 0 Å². The van der Waals surface area contributed by atoms with Gasteiger partial charge in [-0.1, -0.05) is 48.5 Å². The molecule has 0 atom stereocenters. The molecule has 7 heteroatoms. The van der Waals surface area contributed by atoms with Gasteiger partial charge < -0.3 is 10.2 Å². The Morgan fingerprint density at radius 3 is 2.34 bits per heavy atom. The van der Waals surface area contributed by atoms with Crippen LogP contribution in [0.4, 0.5) is 17.5 Å². The van der Waals surface area contributed by atoms with E-state index in [4.69, 9.17) is 0 Å². The molecule has 0 saturated carbocycles. The number of piperidine rings is 1. The van der Waals surface area contributed by atoms with E-state index in [0.29, 0.717) is 5.95 Å². The highest BCUT2D eigenvalue weighted by Gasteiger charge is 2.36. The highest BCUT2D eigenvalue weighted by atomic mass is 15.4. The molecule has 2 aromatic carbocycles. The SMILES string of the molecule is N#CC1(c2ccccc2)CCN(c2cc(-n3cnc(Nc4ccccc4)n3)ccn2)CC1. The second kappa shape index (κ2) is 8.52. The summed E-state index contributed by atoms with van der Waals surface area (Å²) in [4.78, 5) is 11.2. The highest BCUT2D eigenvalue weighted by molar-refractivity contribution is 5.53. The molecule has 0 bridgehead atoms. The third kappa shape index (κ3) is 3.91. The molecule has 0 aliphatic carbocycles. The van der Waals surface area contributed by atoms with Crippen molar-refractivity contribution in [2.24, 2.45) is 0 Å². The lowest BCUT2D eigenvalue weighted by Crippen LogP contribution is -2.42. The lowest BCUT2D eigenvalue weighted by Gasteiger charge is -2.38. The van der Waals surface area contributed by atoms with Gasteiger partial charge in [-0.2, -0.15) is 10.2 Å². The van der Waals surface area contributed by atoms with Gasteiger partial charge in [-0.3, -0.25) is 0 Å². The smallest absolute Gasteiger partial charge is 0.246 e. The zero-order chi connectivity index (χ0) is 21.8. The highest BCUT2D eigenvalue weighted by Crippen LogP contribution is 2.36. The Kier molecular flexibility index (Phi) is 5.26.